The third-order valence-corrected chi connectivity index (χ3v) is 4.67. The fraction of sp³-hybridized carbons (Fsp3) is 0.750. The maximum Gasteiger partial charge on any atom is 0.259 e. The maximum absolute atomic E-state index is 12.1. The summed E-state index contributed by atoms with van der Waals surface area (Å²) < 4.78 is 28.7. The normalized spacial score (nSPS) is 13.7. The van der Waals surface area contributed by atoms with Gasteiger partial charge in [0, 0.05) is 24.6 Å². The van der Waals surface area contributed by atoms with E-state index in [4.69, 9.17) is 0 Å². The van der Waals surface area contributed by atoms with Gasteiger partial charge in [-0.05, 0) is 25.7 Å². The molecule has 1 aromatic rings. The second kappa shape index (κ2) is 7.40. The van der Waals surface area contributed by atoms with Crippen LogP contribution in [-0.2, 0) is 16.6 Å². The number of halogens is 1. The number of hydrogen-bond donors (Lipinski definition) is 1. The third kappa shape index (κ3) is 4.89. The average Bonchev–Trinajstić information content (AvgIpc) is 2.71. The van der Waals surface area contributed by atoms with Gasteiger partial charge in [-0.1, -0.05) is 29.8 Å². The van der Waals surface area contributed by atoms with Gasteiger partial charge in [0.15, 0.2) is 5.03 Å². The fourth-order valence-corrected chi connectivity index (χ4v) is 3.64. The lowest BCUT2D eigenvalue weighted by molar-refractivity contribution is 0.530. The molecule has 0 radical (unpaired) electrons. The van der Waals surface area contributed by atoms with Crippen molar-refractivity contribution in [2.24, 2.45) is 5.92 Å². The summed E-state index contributed by atoms with van der Waals surface area (Å²) in [5.41, 5.74) is 0. The van der Waals surface area contributed by atoms with Gasteiger partial charge in [0.2, 0.25) is 0 Å². The van der Waals surface area contributed by atoms with E-state index in [0.29, 0.717) is 12.5 Å². The molecule has 0 aromatic carbocycles. The highest BCUT2D eigenvalue weighted by atomic mass is 79.9. The molecule has 1 N–H and O–H groups in total. The zero-order chi connectivity index (χ0) is 14.5. The van der Waals surface area contributed by atoms with Crippen LogP contribution in [0.4, 0.5) is 0 Å². The summed E-state index contributed by atoms with van der Waals surface area (Å²) in [4.78, 5) is 4.13. The van der Waals surface area contributed by atoms with Crippen LogP contribution < -0.4 is 4.72 Å². The Hall–Kier alpha value is -0.400. The van der Waals surface area contributed by atoms with Gasteiger partial charge >= 0.3 is 0 Å². The van der Waals surface area contributed by atoms with Crippen LogP contribution >= 0.6 is 15.9 Å². The fourth-order valence-electron chi connectivity index (χ4n) is 1.69. The molecule has 0 amide bonds. The number of alkyl halides is 1. The first kappa shape index (κ1) is 16.7. The second-order valence-electron chi connectivity index (χ2n) is 4.75. The molecule has 110 valence electrons. The molecule has 0 saturated carbocycles. The number of aromatic nitrogens is 2. The number of sulfonamides is 1. The predicted molar refractivity (Wildman–Crippen MR) is 80.0 cm³/mol. The first-order chi connectivity index (χ1) is 8.90. The van der Waals surface area contributed by atoms with E-state index in [1.54, 1.807) is 6.20 Å². The van der Waals surface area contributed by atoms with Gasteiger partial charge in [0.25, 0.3) is 10.0 Å². The molecule has 0 saturated heterocycles. The Morgan fingerprint density at radius 3 is 2.79 bits per heavy atom. The molecule has 19 heavy (non-hydrogen) atoms. The van der Waals surface area contributed by atoms with E-state index < -0.39 is 10.0 Å². The highest BCUT2D eigenvalue weighted by Gasteiger charge is 2.19. The zero-order valence-corrected chi connectivity index (χ0v) is 14.1. The zero-order valence-electron chi connectivity index (χ0n) is 11.7. The van der Waals surface area contributed by atoms with Crippen molar-refractivity contribution in [3.8, 4) is 0 Å². The average molecular weight is 352 g/mol. The largest absolute Gasteiger partial charge is 0.334 e. The van der Waals surface area contributed by atoms with Gasteiger partial charge < -0.3 is 4.57 Å². The van der Waals surface area contributed by atoms with Crippen molar-refractivity contribution >= 4 is 26.0 Å². The van der Waals surface area contributed by atoms with E-state index in [1.807, 2.05) is 25.3 Å². The van der Waals surface area contributed by atoms with Gasteiger partial charge in [-0.3, -0.25) is 0 Å². The molecule has 0 spiro atoms. The quantitative estimate of drug-likeness (QED) is 0.730. The Morgan fingerprint density at radius 1 is 1.53 bits per heavy atom. The topological polar surface area (TPSA) is 64.0 Å². The van der Waals surface area contributed by atoms with Crippen LogP contribution in [0.3, 0.4) is 0 Å². The van der Waals surface area contributed by atoms with Crippen molar-refractivity contribution in [1.82, 2.24) is 14.3 Å². The Kier molecular flexibility index (Phi) is 6.49. The summed E-state index contributed by atoms with van der Waals surface area (Å²) in [5, 5.41) is 0.990. The van der Waals surface area contributed by atoms with E-state index in [0.717, 1.165) is 30.5 Å². The van der Waals surface area contributed by atoms with E-state index >= 15 is 0 Å². The van der Waals surface area contributed by atoms with Crippen LogP contribution in [0.2, 0.25) is 0 Å². The van der Waals surface area contributed by atoms with Gasteiger partial charge in [-0.2, -0.15) is 0 Å². The molecule has 0 fully saturated rings. The Labute approximate surface area is 124 Å². The van der Waals surface area contributed by atoms with Crippen LogP contribution in [0.25, 0.3) is 0 Å². The predicted octanol–water partition coefficient (Wildman–Crippen LogP) is 2.30. The van der Waals surface area contributed by atoms with Crippen molar-refractivity contribution in [2.45, 2.75) is 45.2 Å². The molecule has 1 atom stereocenters. The molecule has 1 unspecified atom stereocenters. The van der Waals surface area contributed by atoms with E-state index in [2.05, 4.69) is 25.6 Å². The molecular formula is C12H22BrN3O2S. The lowest BCUT2D eigenvalue weighted by Crippen LogP contribution is -2.28. The molecule has 0 bridgehead atoms. The van der Waals surface area contributed by atoms with Gasteiger partial charge in [-0.15, -0.1) is 0 Å². The highest BCUT2D eigenvalue weighted by Crippen LogP contribution is 2.11. The Morgan fingerprint density at radius 2 is 2.21 bits per heavy atom. The lowest BCUT2D eigenvalue weighted by Gasteiger charge is -2.10. The number of aryl methyl sites for hydroxylation is 2. The molecule has 1 heterocycles. The van der Waals surface area contributed by atoms with Crippen LogP contribution in [0.1, 0.15) is 32.5 Å². The van der Waals surface area contributed by atoms with E-state index in [-0.39, 0.29) is 5.03 Å². The summed E-state index contributed by atoms with van der Waals surface area (Å²) in [6.07, 6.45) is 3.49. The monoisotopic (exact) mass is 351 g/mol. The highest BCUT2D eigenvalue weighted by molar-refractivity contribution is 9.09. The van der Waals surface area contributed by atoms with Gasteiger partial charge in [-0.25, -0.2) is 18.1 Å². The first-order valence-corrected chi connectivity index (χ1v) is 9.10. The lowest BCUT2D eigenvalue weighted by atomic mass is 10.1. The summed E-state index contributed by atoms with van der Waals surface area (Å²) in [6.45, 7) is 7.11. The van der Waals surface area contributed by atoms with Crippen molar-refractivity contribution in [3.05, 3.63) is 12.0 Å². The van der Waals surface area contributed by atoms with Crippen molar-refractivity contribution in [1.29, 1.82) is 0 Å². The van der Waals surface area contributed by atoms with Gasteiger partial charge in [0.05, 0.1) is 0 Å². The minimum Gasteiger partial charge on any atom is -0.334 e. The molecule has 5 nitrogen and oxygen atoms in total. The molecule has 0 aliphatic heterocycles. The molecule has 7 heteroatoms. The van der Waals surface area contributed by atoms with E-state index in [9.17, 15) is 8.42 Å². The van der Waals surface area contributed by atoms with Crippen LogP contribution in [0.5, 0.6) is 0 Å². The molecule has 1 rings (SSSR count). The molecule has 0 aliphatic carbocycles. The van der Waals surface area contributed by atoms with Crippen molar-refractivity contribution < 1.29 is 8.42 Å². The van der Waals surface area contributed by atoms with Crippen LogP contribution in [0, 0.1) is 12.8 Å². The molecule has 0 aliphatic rings. The van der Waals surface area contributed by atoms with Crippen molar-refractivity contribution in [2.75, 3.05) is 11.9 Å². The minimum absolute atomic E-state index is 0.115. The van der Waals surface area contributed by atoms with Crippen LogP contribution in [-0.4, -0.2) is 29.8 Å². The number of hydrogen-bond acceptors (Lipinski definition) is 3. The molecular weight excluding hydrogens is 330 g/mol. The minimum atomic E-state index is -3.49. The van der Waals surface area contributed by atoms with Crippen LogP contribution in [0.15, 0.2) is 11.2 Å². The van der Waals surface area contributed by atoms with Crippen molar-refractivity contribution in [3.63, 3.8) is 0 Å². The summed E-state index contributed by atoms with van der Waals surface area (Å²) in [5.74, 6) is 1.03. The first-order valence-electron chi connectivity index (χ1n) is 6.50. The SMILES string of the molecule is CCCn1cc(S(=O)(=O)NCC(C)CCBr)nc1C. The Balaban J connectivity index is 2.74. The van der Waals surface area contributed by atoms with E-state index in [1.165, 1.54) is 0 Å². The standard InChI is InChI=1S/C12H22BrN3O2S/c1-4-7-16-9-12(15-11(16)3)19(17,18)14-8-10(2)5-6-13/h9-10,14H,4-8H2,1-3H3. The van der Waals surface area contributed by atoms with Gasteiger partial charge in [0.1, 0.15) is 5.82 Å². The maximum atomic E-state index is 12.1. The summed E-state index contributed by atoms with van der Waals surface area (Å²) >= 11 is 3.35. The third-order valence-electron chi connectivity index (χ3n) is 2.92. The molecule has 1 aromatic heterocycles. The second-order valence-corrected chi connectivity index (χ2v) is 7.26. The summed E-state index contributed by atoms with van der Waals surface area (Å²) in [6, 6.07) is 0. The number of rotatable bonds is 8. The number of nitrogens with zero attached hydrogens (tertiary/aromatic N) is 2. The summed E-state index contributed by atoms with van der Waals surface area (Å²) in [7, 11) is -3.49. The Bertz CT molecular complexity index is 499. The number of nitrogens with one attached hydrogen (secondary N) is 1. The number of imidazole rings is 1. The smallest absolute Gasteiger partial charge is 0.259 e.